The average molecular weight is 234 g/mol. The van der Waals surface area contributed by atoms with Crippen molar-refractivity contribution in [3.05, 3.63) is 71.3 Å². The molecular weight excluding hydrogens is 224 g/mol. The summed E-state index contributed by atoms with van der Waals surface area (Å²) in [5, 5.41) is 0. The van der Waals surface area contributed by atoms with Crippen molar-refractivity contribution < 1.29 is 9.59 Å². The van der Waals surface area contributed by atoms with E-state index in [4.69, 9.17) is 0 Å². The number of benzene rings is 2. The molecule has 2 aromatic carbocycles. The zero-order chi connectivity index (χ0) is 12.5. The molecule has 18 heavy (non-hydrogen) atoms. The lowest BCUT2D eigenvalue weighted by atomic mass is 9.87. The Morgan fingerprint density at radius 2 is 1.33 bits per heavy atom. The van der Waals surface area contributed by atoms with Crippen LogP contribution in [0.1, 0.15) is 21.5 Å². The summed E-state index contributed by atoms with van der Waals surface area (Å²) in [5.74, 6) is -0.855. The van der Waals surface area contributed by atoms with Crippen LogP contribution in [0.4, 0.5) is 0 Å². The summed E-state index contributed by atoms with van der Waals surface area (Å²) in [7, 11) is 0. The van der Waals surface area contributed by atoms with E-state index in [-0.39, 0.29) is 0 Å². The monoisotopic (exact) mass is 234 g/mol. The number of fused-ring (bicyclic) bond motifs is 1. The van der Waals surface area contributed by atoms with Crippen LogP contribution in [0.15, 0.2) is 54.6 Å². The standard InChI is InChI=1S/C16H10O2/c17-15-13-9-5-4-8-12(13)10-14(16(15)18)11-6-2-1-3-7-11/h1-10H. The minimum atomic E-state index is -0.431. The van der Waals surface area contributed by atoms with Gasteiger partial charge < -0.3 is 0 Å². The van der Waals surface area contributed by atoms with Crippen LogP contribution in [0.2, 0.25) is 0 Å². The maximum Gasteiger partial charge on any atom is 0.234 e. The molecule has 0 heterocycles. The van der Waals surface area contributed by atoms with Crippen molar-refractivity contribution in [3.63, 3.8) is 0 Å². The van der Waals surface area contributed by atoms with E-state index < -0.39 is 11.6 Å². The lowest BCUT2D eigenvalue weighted by Crippen LogP contribution is -2.20. The quantitative estimate of drug-likeness (QED) is 0.711. The van der Waals surface area contributed by atoms with E-state index in [0.29, 0.717) is 11.1 Å². The number of rotatable bonds is 1. The second-order valence-corrected chi connectivity index (χ2v) is 4.17. The average Bonchev–Trinajstić information content (AvgIpc) is 2.44. The molecule has 0 spiro atoms. The van der Waals surface area contributed by atoms with Crippen LogP contribution in [0.3, 0.4) is 0 Å². The van der Waals surface area contributed by atoms with Gasteiger partial charge in [-0.1, -0.05) is 54.6 Å². The minimum absolute atomic E-state index is 0.424. The molecule has 1 aliphatic rings. The highest BCUT2D eigenvalue weighted by Crippen LogP contribution is 2.27. The highest BCUT2D eigenvalue weighted by atomic mass is 16.2. The fraction of sp³-hybridized carbons (Fsp3) is 0. The zero-order valence-electron chi connectivity index (χ0n) is 9.59. The molecule has 0 amide bonds. The summed E-state index contributed by atoms with van der Waals surface area (Å²) in [4.78, 5) is 24.1. The summed E-state index contributed by atoms with van der Waals surface area (Å²) < 4.78 is 0. The van der Waals surface area contributed by atoms with Crippen LogP contribution in [-0.4, -0.2) is 11.6 Å². The number of allylic oxidation sites excluding steroid dienone is 1. The van der Waals surface area contributed by atoms with E-state index in [0.717, 1.165) is 11.1 Å². The van der Waals surface area contributed by atoms with Crippen molar-refractivity contribution in [2.45, 2.75) is 0 Å². The Morgan fingerprint density at radius 1 is 0.667 bits per heavy atom. The lowest BCUT2D eigenvalue weighted by Gasteiger charge is -2.14. The molecule has 2 nitrogen and oxygen atoms in total. The Bertz CT molecular complexity index is 667. The number of carbonyl (C=O) groups excluding carboxylic acids is 2. The van der Waals surface area contributed by atoms with Crippen molar-refractivity contribution in [3.8, 4) is 0 Å². The van der Waals surface area contributed by atoms with Gasteiger partial charge in [0.25, 0.3) is 0 Å². The first-order valence-corrected chi connectivity index (χ1v) is 5.72. The lowest BCUT2D eigenvalue weighted by molar-refractivity contribution is -0.110. The third kappa shape index (κ3) is 1.59. The molecule has 0 aromatic heterocycles. The van der Waals surface area contributed by atoms with Crippen LogP contribution in [-0.2, 0) is 4.79 Å². The van der Waals surface area contributed by atoms with Gasteiger partial charge in [-0.05, 0) is 17.2 Å². The summed E-state index contributed by atoms with van der Waals surface area (Å²) in [6, 6.07) is 16.4. The van der Waals surface area contributed by atoms with Crippen molar-refractivity contribution in [2.75, 3.05) is 0 Å². The zero-order valence-corrected chi connectivity index (χ0v) is 9.59. The summed E-state index contributed by atoms with van der Waals surface area (Å²) in [6.45, 7) is 0. The van der Waals surface area contributed by atoms with E-state index in [9.17, 15) is 9.59 Å². The fourth-order valence-corrected chi connectivity index (χ4v) is 2.13. The van der Waals surface area contributed by atoms with E-state index in [1.807, 2.05) is 42.5 Å². The van der Waals surface area contributed by atoms with Gasteiger partial charge >= 0.3 is 0 Å². The number of Topliss-reactive ketones (excluding diaryl/α,β-unsaturated/α-hetero) is 2. The molecular formula is C16H10O2. The molecule has 0 aliphatic heterocycles. The maximum atomic E-state index is 12.1. The van der Waals surface area contributed by atoms with Crippen molar-refractivity contribution in [2.24, 2.45) is 0 Å². The Labute approximate surface area is 105 Å². The molecule has 0 fully saturated rings. The van der Waals surface area contributed by atoms with Gasteiger partial charge in [-0.25, -0.2) is 0 Å². The largest absolute Gasteiger partial charge is 0.285 e. The molecule has 0 saturated carbocycles. The van der Waals surface area contributed by atoms with Crippen LogP contribution in [0, 0.1) is 0 Å². The number of hydrogen-bond acceptors (Lipinski definition) is 2. The summed E-state index contributed by atoms with van der Waals surface area (Å²) >= 11 is 0. The minimum Gasteiger partial charge on any atom is -0.285 e. The van der Waals surface area contributed by atoms with Gasteiger partial charge in [0.1, 0.15) is 0 Å². The molecule has 0 atom stereocenters. The third-order valence-electron chi connectivity index (χ3n) is 3.04. The predicted molar refractivity (Wildman–Crippen MR) is 70.1 cm³/mol. The Balaban J connectivity index is 2.21. The number of carbonyl (C=O) groups is 2. The molecule has 2 aromatic rings. The first-order valence-electron chi connectivity index (χ1n) is 5.72. The van der Waals surface area contributed by atoms with E-state index in [2.05, 4.69) is 0 Å². The smallest absolute Gasteiger partial charge is 0.234 e. The highest BCUT2D eigenvalue weighted by Gasteiger charge is 2.27. The first kappa shape index (κ1) is 10.7. The predicted octanol–water partition coefficient (Wildman–Crippen LogP) is 2.99. The maximum absolute atomic E-state index is 12.1. The Hall–Kier alpha value is -2.48. The molecule has 3 rings (SSSR count). The molecule has 0 N–H and O–H groups in total. The topological polar surface area (TPSA) is 34.1 Å². The molecule has 0 bridgehead atoms. The van der Waals surface area contributed by atoms with Crippen LogP contribution in [0.25, 0.3) is 11.6 Å². The second-order valence-electron chi connectivity index (χ2n) is 4.17. The van der Waals surface area contributed by atoms with E-state index in [1.54, 1.807) is 18.2 Å². The van der Waals surface area contributed by atoms with Gasteiger partial charge in [-0.15, -0.1) is 0 Å². The summed E-state index contributed by atoms with van der Waals surface area (Å²) in [5.41, 5.74) is 2.55. The number of ketones is 2. The summed E-state index contributed by atoms with van der Waals surface area (Å²) in [6.07, 6.45) is 1.79. The van der Waals surface area contributed by atoms with Crippen molar-refractivity contribution in [1.82, 2.24) is 0 Å². The SMILES string of the molecule is O=C1C(=O)c2ccccc2C=C1c1ccccc1. The number of hydrogen-bond donors (Lipinski definition) is 0. The van der Waals surface area contributed by atoms with E-state index >= 15 is 0 Å². The molecule has 1 aliphatic carbocycles. The fourth-order valence-electron chi connectivity index (χ4n) is 2.13. The van der Waals surface area contributed by atoms with Gasteiger partial charge in [0.15, 0.2) is 0 Å². The van der Waals surface area contributed by atoms with Gasteiger partial charge in [-0.2, -0.15) is 0 Å². The van der Waals surface area contributed by atoms with Gasteiger partial charge in [0.05, 0.1) is 0 Å². The molecule has 86 valence electrons. The van der Waals surface area contributed by atoms with Crippen LogP contribution < -0.4 is 0 Å². The van der Waals surface area contributed by atoms with Crippen molar-refractivity contribution >= 4 is 23.2 Å². The van der Waals surface area contributed by atoms with E-state index in [1.165, 1.54) is 0 Å². The Kier molecular flexibility index (Phi) is 2.41. The molecule has 0 radical (unpaired) electrons. The highest BCUT2D eigenvalue weighted by molar-refractivity contribution is 6.61. The molecule has 2 heteroatoms. The second kappa shape index (κ2) is 4.08. The normalized spacial score (nSPS) is 14.1. The van der Waals surface area contributed by atoms with Gasteiger partial charge in [0.2, 0.25) is 11.6 Å². The molecule has 0 saturated heterocycles. The van der Waals surface area contributed by atoms with Crippen molar-refractivity contribution in [1.29, 1.82) is 0 Å². The van der Waals surface area contributed by atoms with Crippen LogP contribution >= 0.6 is 0 Å². The van der Waals surface area contributed by atoms with Crippen LogP contribution in [0.5, 0.6) is 0 Å². The van der Waals surface area contributed by atoms with Gasteiger partial charge in [0, 0.05) is 11.1 Å². The first-order chi connectivity index (χ1) is 8.77. The Morgan fingerprint density at radius 3 is 2.11 bits per heavy atom. The molecule has 0 unspecified atom stereocenters. The van der Waals surface area contributed by atoms with Gasteiger partial charge in [-0.3, -0.25) is 9.59 Å². The third-order valence-corrected chi connectivity index (χ3v) is 3.04.